The van der Waals surface area contributed by atoms with E-state index in [2.05, 4.69) is 5.32 Å². The molecule has 20 heavy (non-hydrogen) atoms. The third-order valence-corrected chi connectivity index (χ3v) is 3.58. The molecule has 108 valence electrons. The molecule has 0 aliphatic heterocycles. The van der Waals surface area contributed by atoms with Crippen molar-refractivity contribution in [2.24, 2.45) is 5.92 Å². The summed E-state index contributed by atoms with van der Waals surface area (Å²) in [6.07, 6.45) is 5.77. The summed E-state index contributed by atoms with van der Waals surface area (Å²) in [7, 11) is 0. The Labute approximate surface area is 117 Å². The molecule has 1 fully saturated rings. The number of carbonyl (C=O) groups is 2. The van der Waals surface area contributed by atoms with E-state index < -0.39 is 5.97 Å². The second-order valence-corrected chi connectivity index (χ2v) is 5.18. The van der Waals surface area contributed by atoms with Gasteiger partial charge in [-0.25, -0.2) is 0 Å². The summed E-state index contributed by atoms with van der Waals surface area (Å²) in [6, 6.07) is 3.71. The van der Waals surface area contributed by atoms with Gasteiger partial charge in [0, 0.05) is 12.1 Å². The number of carbonyl (C=O) groups excluding carboxylic acids is 1. The van der Waals surface area contributed by atoms with Crippen LogP contribution in [-0.4, -0.2) is 23.0 Å². The van der Waals surface area contributed by atoms with Crippen LogP contribution < -0.4 is 5.32 Å². The van der Waals surface area contributed by atoms with Crippen LogP contribution in [0.2, 0.25) is 0 Å². The number of nitrogens with one attached hydrogen (secondary N) is 1. The van der Waals surface area contributed by atoms with Crippen molar-refractivity contribution in [1.82, 2.24) is 5.32 Å². The van der Waals surface area contributed by atoms with Gasteiger partial charge in [-0.05, 0) is 50.8 Å². The van der Waals surface area contributed by atoms with Gasteiger partial charge >= 0.3 is 5.97 Å². The molecule has 1 saturated carbocycles. The van der Waals surface area contributed by atoms with E-state index >= 15 is 0 Å². The zero-order valence-corrected chi connectivity index (χ0v) is 11.5. The molecular formula is C15H19NO4. The lowest BCUT2D eigenvalue weighted by atomic mass is 9.86. The van der Waals surface area contributed by atoms with Crippen molar-refractivity contribution < 1.29 is 19.1 Å². The quantitative estimate of drug-likeness (QED) is 0.828. The normalized spacial score (nSPS) is 22.9. The molecule has 1 heterocycles. The number of hydrogen-bond acceptors (Lipinski definition) is 3. The van der Waals surface area contributed by atoms with E-state index in [-0.39, 0.29) is 17.9 Å². The molecule has 2 N–H and O–H groups in total. The maximum Gasteiger partial charge on any atom is 0.306 e. The van der Waals surface area contributed by atoms with Gasteiger partial charge in [0.25, 0.3) is 0 Å². The Bertz CT molecular complexity index is 510. The first-order valence-corrected chi connectivity index (χ1v) is 6.82. The molecule has 0 saturated heterocycles. The zero-order chi connectivity index (χ0) is 14.5. The van der Waals surface area contributed by atoms with E-state index in [9.17, 15) is 9.59 Å². The number of hydrogen-bond donors (Lipinski definition) is 2. The van der Waals surface area contributed by atoms with E-state index in [1.165, 1.54) is 6.08 Å². The van der Waals surface area contributed by atoms with E-state index in [1.807, 2.05) is 13.0 Å². The summed E-state index contributed by atoms with van der Waals surface area (Å²) in [5.74, 6) is 0.287. The fourth-order valence-corrected chi connectivity index (χ4v) is 2.43. The number of rotatable bonds is 4. The van der Waals surface area contributed by atoms with Gasteiger partial charge in [0.1, 0.15) is 11.5 Å². The molecule has 0 spiro atoms. The van der Waals surface area contributed by atoms with Crippen molar-refractivity contribution in [3.8, 4) is 0 Å². The predicted octanol–water partition coefficient (Wildman–Crippen LogP) is 2.36. The van der Waals surface area contributed by atoms with Gasteiger partial charge in [0.15, 0.2) is 0 Å². The predicted molar refractivity (Wildman–Crippen MR) is 74.0 cm³/mol. The van der Waals surface area contributed by atoms with Gasteiger partial charge in [-0.15, -0.1) is 0 Å². The maximum atomic E-state index is 11.8. The number of carboxylic acid groups (broad SMARTS) is 1. The molecule has 0 unspecified atom stereocenters. The number of carboxylic acids is 1. The van der Waals surface area contributed by atoms with Crippen molar-refractivity contribution in [3.05, 3.63) is 29.7 Å². The first kappa shape index (κ1) is 14.4. The van der Waals surface area contributed by atoms with Crippen LogP contribution in [0.25, 0.3) is 6.08 Å². The van der Waals surface area contributed by atoms with E-state index in [0.717, 1.165) is 18.6 Å². The Morgan fingerprint density at radius 2 is 2.00 bits per heavy atom. The van der Waals surface area contributed by atoms with Crippen molar-refractivity contribution in [3.63, 3.8) is 0 Å². The van der Waals surface area contributed by atoms with Crippen LogP contribution in [-0.2, 0) is 9.59 Å². The van der Waals surface area contributed by atoms with E-state index in [0.29, 0.717) is 18.6 Å². The summed E-state index contributed by atoms with van der Waals surface area (Å²) in [6.45, 7) is 1.85. The molecular weight excluding hydrogens is 258 g/mol. The molecule has 1 aromatic heterocycles. The lowest BCUT2D eigenvalue weighted by Crippen LogP contribution is -2.37. The summed E-state index contributed by atoms with van der Waals surface area (Å²) in [5, 5.41) is 11.8. The molecule has 2 rings (SSSR count). The average Bonchev–Trinajstić information content (AvgIpc) is 2.83. The Morgan fingerprint density at radius 3 is 2.55 bits per heavy atom. The highest BCUT2D eigenvalue weighted by Crippen LogP contribution is 2.24. The molecule has 0 aromatic carbocycles. The second kappa shape index (κ2) is 6.41. The lowest BCUT2D eigenvalue weighted by molar-refractivity contribution is -0.142. The SMILES string of the molecule is Cc1ccc(/C=C/C(=O)NC2CCC(C(=O)O)CC2)o1. The maximum absolute atomic E-state index is 11.8. The Hall–Kier alpha value is -2.04. The molecule has 5 nitrogen and oxygen atoms in total. The van der Waals surface area contributed by atoms with E-state index in [1.54, 1.807) is 12.1 Å². The van der Waals surface area contributed by atoms with Crippen LogP contribution in [0, 0.1) is 12.8 Å². The minimum atomic E-state index is -0.733. The molecule has 1 aliphatic carbocycles. The number of aliphatic carboxylic acids is 1. The first-order chi connectivity index (χ1) is 9.54. The van der Waals surface area contributed by atoms with Crippen LogP contribution >= 0.6 is 0 Å². The van der Waals surface area contributed by atoms with E-state index in [4.69, 9.17) is 9.52 Å². The summed E-state index contributed by atoms with van der Waals surface area (Å²) in [5.41, 5.74) is 0. The summed E-state index contributed by atoms with van der Waals surface area (Å²) in [4.78, 5) is 22.6. The monoisotopic (exact) mass is 277 g/mol. The zero-order valence-electron chi connectivity index (χ0n) is 11.5. The Kier molecular flexibility index (Phi) is 4.61. The van der Waals surface area contributed by atoms with Crippen LogP contribution in [0.5, 0.6) is 0 Å². The van der Waals surface area contributed by atoms with Crippen molar-refractivity contribution in [2.45, 2.75) is 38.6 Å². The lowest BCUT2D eigenvalue weighted by Gasteiger charge is -2.26. The highest BCUT2D eigenvalue weighted by Gasteiger charge is 2.26. The average molecular weight is 277 g/mol. The van der Waals surface area contributed by atoms with Gasteiger partial charge in [0.2, 0.25) is 5.91 Å². The van der Waals surface area contributed by atoms with Gasteiger partial charge < -0.3 is 14.8 Å². The first-order valence-electron chi connectivity index (χ1n) is 6.82. The van der Waals surface area contributed by atoms with Crippen LogP contribution in [0.4, 0.5) is 0 Å². The van der Waals surface area contributed by atoms with Crippen LogP contribution in [0.15, 0.2) is 22.6 Å². The third kappa shape index (κ3) is 3.98. The van der Waals surface area contributed by atoms with Gasteiger partial charge in [-0.3, -0.25) is 9.59 Å². The molecule has 1 amide bonds. The molecule has 1 aromatic rings. The minimum Gasteiger partial charge on any atom is -0.481 e. The molecule has 0 bridgehead atoms. The highest BCUT2D eigenvalue weighted by molar-refractivity contribution is 5.91. The van der Waals surface area contributed by atoms with Crippen LogP contribution in [0.1, 0.15) is 37.2 Å². The number of furan rings is 1. The van der Waals surface area contributed by atoms with Crippen molar-refractivity contribution in [1.29, 1.82) is 0 Å². The molecule has 0 radical (unpaired) electrons. The fraction of sp³-hybridized carbons (Fsp3) is 0.467. The van der Waals surface area contributed by atoms with Crippen molar-refractivity contribution in [2.75, 3.05) is 0 Å². The Balaban J connectivity index is 1.78. The van der Waals surface area contributed by atoms with Crippen molar-refractivity contribution >= 4 is 18.0 Å². The minimum absolute atomic E-state index is 0.0705. The second-order valence-electron chi connectivity index (χ2n) is 5.18. The number of aryl methyl sites for hydroxylation is 1. The topological polar surface area (TPSA) is 79.5 Å². The third-order valence-electron chi connectivity index (χ3n) is 3.58. The Morgan fingerprint density at radius 1 is 1.30 bits per heavy atom. The fourth-order valence-electron chi connectivity index (χ4n) is 2.43. The standard InChI is InChI=1S/C15H19NO4/c1-10-2-7-13(20-10)8-9-14(17)16-12-5-3-11(4-6-12)15(18)19/h2,7-9,11-12H,3-6H2,1H3,(H,16,17)(H,18,19)/b9-8+. The highest BCUT2D eigenvalue weighted by atomic mass is 16.4. The van der Waals surface area contributed by atoms with Crippen LogP contribution in [0.3, 0.4) is 0 Å². The molecule has 1 aliphatic rings. The molecule has 5 heteroatoms. The van der Waals surface area contributed by atoms with Gasteiger partial charge in [-0.2, -0.15) is 0 Å². The van der Waals surface area contributed by atoms with Gasteiger partial charge in [0.05, 0.1) is 5.92 Å². The smallest absolute Gasteiger partial charge is 0.306 e. The van der Waals surface area contributed by atoms with Gasteiger partial charge in [-0.1, -0.05) is 0 Å². The largest absolute Gasteiger partial charge is 0.481 e. The summed E-state index contributed by atoms with van der Waals surface area (Å²) < 4.78 is 5.33. The number of amides is 1. The molecule has 0 atom stereocenters. The summed E-state index contributed by atoms with van der Waals surface area (Å²) >= 11 is 0.